The van der Waals surface area contributed by atoms with Crippen molar-refractivity contribution in [1.82, 2.24) is 0 Å². The molecule has 0 unspecified atom stereocenters. The van der Waals surface area contributed by atoms with Crippen LogP contribution in [0.5, 0.6) is 0 Å². The maximum atomic E-state index is 7.00. The van der Waals surface area contributed by atoms with Gasteiger partial charge in [-0.25, -0.2) is 0 Å². The molecule has 0 saturated carbocycles. The topological polar surface area (TPSA) is 20.2 Å². The van der Waals surface area contributed by atoms with E-state index >= 15 is 0 Å². The van der Waals surface area contributed by atoms with Gasteiger partial charge < -0.3 is 5.11 Å². The molecule has 51 valence electrons. The van der Waals surface area contributed by atoms with Crippen LogP contribution in [-0.2, 0) is 20.4 Å². The van der Waals surface area contributed by atoms with Gasteiger partial charge in [-0.3, -0.25) is 0 Å². The number of aliphatic hydroxyl groups is 1. The zero-order valence-corrected chi connectivity index (χ0v) is 7.93. The van der Waals surface area contributed by atoms with Crippen molar-refractivity contribution in [3.05, 3.63) is 36.4 Å². The van der Waals surface area contributed by atoms with Gasteiger partial charge in [-0.15, -0.1) is 0 Å². The van der Waals surface area contributed by atoms with Crippen LogP contribution in [0.1, 0.15) is 0 Å². The third-order valence-corrected chi connectivity index (χ3v) is 0.607. The van der Waals surface area contributed by atoms with E-state index in [0.717, 1.165) is 7.11 Å². The van der Waals surface area contributed by atoms with Gasteiger partial charge in [-0.1, -0.05) is 0 Å². The minimum Gasteiger partial charge on any atom is -0.400 e. The SMILES string of the molecule is CO.[Re].[c-]1ccccc1. The van der Waals surface area contributed by atoms with E-state index < -0.39 is 0 Å². The first-order chi connectivity index (χ1) is 4.00. The Balaban J connectivity index is 0. The Bertz CT molecular complexity index is 80.8. The Morgan fingerprint density at radius 2 is 1.44 bits per heavy atom. The van der Waals surface area contributed by atoms with Crippen molar-refractivity contribution in [2.24, 2.45) is 0 Å². The monoisotopic (exact) mass is 296 g/mol. The number of aliphatic hydroxyl groups excluding tert-OH is 1. The molecule has 1 radical (unpaired) electrons. The predicted octanol–water partition coefficient (Wildman–Crippen LogP) is 1.09. The summed E-state index contributed by atoms with van der Waals surface area (Å²) in [4.78, 5) is 0. The Morgan fingerprint density at radius 1 is 1.00 bits per heavy atom. The Labute approximate surface area is 69.4 Å². The van der Waals surface area contributed by atoms with Crippen LogP contribution in [0, 0.1) is 6.07 Å². The van der Waals surface area contributed by atoms with Gasteiger partial charge in [-0.05, 0) is 0 Å². The molecule has 9 heavy (non-hydrogen) atoms. The first kappa shape index (κ1) is 11.6. The van der Waals surface area contributed by atoms with Crippen molar-refractivity contribution in [3.63, 3.8) is 0 Å². The molecule has 1 nitrogen and oxygen atoms in total. The largest absolute Gasteiger partial charge is 0.400 e. The first-order valence-corrected chi connectivity index (χ1v) is 2.36. The molecule has 0 aliphatic carbocycles. The van der Waals surface area contributed by atoms with Crippen molar-refractivity contribution in [3.8, 4) is 0 Å². The molecule has 0 aliphatic heterocycles. The van der Waals surface area contributed by atoms with Crippen LogP contribution >= 0.6 is 0 Å². The molecule has 1 rings (SSSR count). The molecule has 0 fully saturated rings. The van der Waals surface area contributed by atoms with E-state index in [9.17, 15) is 0 Å². The summed E-state index contributed by atoms with van der Waals surface area (Å²) in [6.45, 7) is 0. The molecule has 2 heteroatoms. The van der Waals surface area contributed by atoms with Crippen LogP contribution in [0.25, 0.3) is 0 Å². The van der Waals surface area contributed by atoms with Gasteiger partial charge in [0.05, 0.1) is 0 Å². The van der Waals surface area contributed by atoms with Crippen molar-refractivity contribution in [2.75, 3.05) is 7.11 Å². The zero-order valence-electron chi connectivity index (χ0n) is 5.21. The van der Waals surface area contributed by atoms with E-state index in [1.54, 1.807) is 0 Å². The third kappa shape index (κ3) is 7.84. The molecular weight excluding hydrogens is 286 g/mol. The minimum absolute atomic E-state index is 0. The number of rotatable bonds is 0. The Hall–Kier alpha value is -0.158. The molecule has 0 heterocycles. The molecule has 1 aromatic carbocycles. The Kier molecular flexibility index (Phi) is 13.9. The minimum atomic E-state index is 0. The summed E-state index contributed by atoms with van der Waals surface area (Å²) in [5.41, 5.74) is 0. The molecule has 0 spiro atoms. The van der Waals surface area contributed by atoms with E-state index in [1.165, 1.54) is 0 Å². The summed E-state index contributed by atoms with van der Waals surface area (Å²) in [5.74, 6) is 0. The number of benzene rings is 1. The Morgan fingerprint density at radius 3 is 1.56 bits per heavy atom. The molecule has 0 aromatic heterocycles. The van der Waals surface area contributed by atoms with Crippen LogP contribution in [-0.4, -0.2) is 12.2 Å². The fourth-order valence-electron chi connectivity index (χ4n) is 0.342. The van der Waals surface area contributed by atoms with Gasteiger partial charge in [0.1, 0.15) is 0 Å². The molecule has 1 aromatic rings. The van der Waals surface area contributed by atoms with E-state index in [0.29, 0.717) is 0 Å². The maximum Gasteiger partial charge on any atom is 0.0319 e. The fourth-order valence-corrected chi connectivity index (χ4v) is 0.342. The molecular formula is C7H9ORe-. The summed E-state index contributed by atoms with van der Waals surface area (Å²) in [6, 6.07) is 12.5. The summed E-state index contributed by atoms with van der Waals surface area (Å²) in [7, 11) is 1.00. The average molecular weight is 295 g/mol. The average Bonchev–Trinajstić information content (AvgIpc) is 1.96. The second-order valence-corrected chi connectivity index (χ2v) is 1.08. The second kappa shape index (κ2) is 10.8. The molecule has 0 saturated heterocycles. The van der Waals surface area contributed by atoms with E-state index in [1.807, 2.05) is 30.3 Å². The molecule has 1 N–H and O–H groups in total. The van der Waals surface area contributed by atoms with Crippen molar-refractivity contribution in [1.29, 1.82) is 0 Å². The van der Waals surface area contributed by atoms with Gasteiger partial charge >= 0.3 is 0 Å². The second-order valence-electron chi connectivity index (χ2n) is 1.08. The maximum absolute atomic E-state index is 7.00. The van der Waals surface area contributed by atoms with E-state index in [4.69, 9.17) is 5.11 Å². The summed E-state index contributed by atoms with van der Waals surface area (Å²) in [6.07, 6.45) is 0. The predicted molar refractivity (Wildman–Crippen MR) is 33.4 cm³/mol. The van der Waals surface area contributed by atoms with Crippen LogP contribution in [0.4, 0.5) is 0 Å². The van der Waals surface area contributed by atoms with E-state index in [2.05, 4.69) is 6.07 Å². The molecule has 0 aliphatic rings. The zero-order chi connectivity index (χ0) is 6.24. The van der Waals surface area contributed by atoms with Crippen LogP contribution in [0.3, 0.4) is 0 Å². The van der Waals surface area contributed by atoms with Crippen molar-refractivity contribution in [2.45, 2.75) is 0 Å². The normalized spacial score (nSPS) is 6.00. The van der Waals surface area contributed by atoms with Gasteiger partial charge in [0.25, 0.3) is 0 Å². The summed E-state index contributed by atoms with van der Waals surface area (Å²) < 4.78 is 0. The fraction of sp³-hybridized carbons (Fsp3) is 0.143. The van der Waals surface area contributed by atoms with Crippen LogP contribution in [0.15, 0.2) is 30.3 Å². The number of hydrogen-bond acceptors (Lipinski definition) is 1. The quantitative estimate of drug-likeness (QED) is 0.711. The molecule has 0 atom stereocenters. The number of hydrogen-bond donors (Lipinski definition) is 1. The van der Waals surface area contributed by atoms with Crippen LogP contribution < -0.4 is 0 Å². The van der Waals surface area contributed by atoms with Gasteiger partial charge in [0.15, 0.2) is 0 Å². The van der Waals surface area contributed by atoms with Crippen molar-refractivity contribution < 1.29 is 25.5 Å². The van der Waals surface area contributed by atoms with Crippen molar-refractivity contribution >= 4 is 0 Å². The van der Waals surface area contributed by atoms with Gasteiger partial charge in [0.2, 0.25) is 0 Å². The summed E-state index contributed by atoms with van der Waals surface area (Å²) in [5, 5.41) is 7.00. The van der Waals surface area contributed by atoms with E-state index in [-0.39, 0.29) is 20.4 Å². The standard InChI is InChI=1S/C6H5.CH4O.Re/c1-2-4-6-5-3-1;1-2;/h1-5H;2H,1H3;/q-1;;. The third-order valence-electron chi connectivity index (χ3n) is 0.607. The molecule has 0 bridgehead atoms. The first-order valence-electron chi connectivity index (χ1n) is 2.36. The molecule has 0 amide bonds. The smallest absolute Gasteiger partial charge is 0.0319 e. The van der Waals surface area contributed by atoms with Gasteiger partial charge in [0, 0.05) is 27.5 Å². The van der Waals surface area contributed by atoms with Crippen LogP contribution in [0.2, 0.25) is 0 Å². The summed E-state index contributed by atoms with van der Waals surface area (Å²) >= 11 is 0. The van der Waals surface area contributed by atoms with Gasteiger partial charge in [-0.2, -0.15) is 36.4 Å².